The van der Waals surface area contributed by atoms with Crippen LogP contribution in [0.2, 0.25) is 0 Å². The Hall–Kier alpha value is -1.56. The predicted octanol–water partition coefficient (Wildman–Crippen LogP) is 0.485. The van der Waals surface area contributed by atoms with Gasteiger partial charge in [-0.2, -0.15) is 0 Å². The standard InChI is InChI=1S/C12H20N4O2/c1-16(9-6-4-3-5-8(9)13)11-10(18-2)12(17)15-7-14-11/h7-9H,3-6,13H2,1-2H3,(H,14,15,17). The minimum atomic E-state index is -0.265. The highest BCUT2D eigenvalue weighted by Gasteiger charge is 2.28. The van der Waals surface area contributed by atoms with E-state index in [1.807, 2.05) is 11.9 Å². The van der Waals surface area contributed by atoms with Crippen molar-refractivity contribution in [3.63, 3.8) is 0 Å². The smallest absolute Gasteiger partial charge is 0.295 e. The molecule has 0 amide bonds. The van der Waals surface area contributed by atoms with Gasteiger partial charge in [0, 0.05) is 19.1 Å². The number of hydrogen-bond acceptors (Lipinski definition) is 5. The van der Waals surface area contributed by atoms with Gasteiger partial charge >= 0.3 is 0 Å². The van der Waals surface area contributed by atoms with E-state index >= 15 is 0 Å². The number of hydrogen-bond donors (Lipinski definition) is 2. The SMILES string of the molecule is COc1c(N(C)C2CCCCC2N)nc[nH]c1=O. The van der Waals surface area contributed by atoms with Gasteiger partial charge in [0.15, 0.2) is 5.82 Å². The van der Waals surface area contributed by atoms with Crippen LogP contribution in [0, 0.1) is 0 Å². The van der Waals surface area contributed by atoms with Gasteiger partial charge < -0.3 is 20.4 Å². The van der Waals surface area contributed by atoms with Gasteiger partial charge in [0.2, 0.25) is 5.75 Å². The average molecular weight is 252 g/mol. The monoisotopic (exact) mass is 252 g/mol. The van der Waals surface area contributed by atoms with Crippen LogP contribution in [0.25, 0.3) is 0 Å². The molecule has 1 fully saturated rings. The molecule has 2 unspecified atom stereocenters. The molecule has 1 aromatic rings. The number of nitrogens with zero attached hydrogens (tertiary/aromatic N) is 2. The Morgan fingerprint density at radius 3 is 2.89 bits per heavy atom. The van der Waals surface area contributed by atoms with Crippen LogP contribution in [-0.4, -0.2) is 36.2 Å². The van der Waals surface area contributed by atoms with Crippen LogP contribution < -0.4 is 20.9 Å². The lowest BCUT2D eigenvalue weighted by Crippen LogP contribution is -2.48. The van der Waals surface area contributed by atoms with Crippen molar-refractivity contribution in [3.05, 3.63) is 16.7 Å². The molecular formula is C12H20N4O2. The second-order valence-electron chi connectivity index (χ2n) is 4.72. The molecule has 100 valence electrons. The van der Waals surface area contributed by atoms with Gasteiger partial charge in [0.25, 0.3) is 5.56 Å². The number of aromatic nitrogens is 2. The highest BCUT2D eigenvalue weighted by Crippen LogP contribution is 2.27. The molecule has 6 heteroatoms. The zero-order valence-corrected chi connectivity index (χ0v) is 10.8. The fraction of sp³-hybridized carbons (Fsp3) is 0.667. The van der Waals surface area contributed by atoms with Gasteiger partial charge in [0.05, 0.1) is 13.4 Å². The normalized spacial score (nSPS) is 23.7. The van der Waals surface area contributed by atoms with Crippen molar-refractivity contribution in [1.82, 2.24) is 9.97 Å². The fourth-order valence-electron chi connectivity index (χ4n) is 2.59. The molecule has 0 aromatic carbocycles. The molecule has 1 heterocycles. The van der Waals surface area contributed by atoms with E-state index in [9.17, 15) is 4.79 Å². The maximum atomic E-state index is 11.7. The Morgan fingerprint density at radius 2 is 2.22 bits per heavy atom. The second-order valence-corrected chi connectivity index (χ2v) is 4.72. The number of anilines is 1. The van der Waals surface area contributed by atoms with Crippen molar-refractivity contribution < 1.29 is 4.74 Å². The molecule has 2 atom stereocenters. The molecule has 1 aromatic heterocycles. The molecule has 1 aliphatic carbocycles. The summed E-state index contributed by atoms with van der Waals surface area (Å²) in [4.78, 5) is 20.4. The van der Waals surface area contributed by atoms with E-state index in [1.54, 1.807) is 0 Å². The summed E-state index contributed by atoms with van der Waals surface area (Å²) in [6.45, 7) is 0. The number of likely N-dealkylation sites (N-methyl/N-ethyl adjacent to an activating group) is 1. The van der Waals surface area contributed by atoms with E-state index in [0.717, 1.165) is 19.3 Å². The summed E-state index contributed by atoms with van der Waals surface area (Å²) in [7, 11) is 3.39. The first-order valence-electron chi connectivity index (χ1n) is 6.25. The van der Waals surface area contributed by atoms with Gasteiger partial charge in [-0.15, -0.1) is 0 Å². The van der Waals surface area contributed by atoms with E-state index in [4.69, 9.17) is 10.5 Å². The Balaban J connectivity index is 2.30. The Morgan fingerprint density at radius 1 is 1.50 bits per heavy atom. The topological polar surface area (TPSA) is 84.2 Å². The molecule has 2 rings (SSSR count). The van der Waals surface area contributed by atoms with Crippen LogP contribution in [-0.2, 0) is 0 Å². The van der Waals surface area contributed by atoms with E-state index in [2.05, 4.69) is 9.97 Å². The number of aromatic amines is 1. The predicted molar refractivity (Wildman–Crippen MR) is 70.0 cm³/mol. The van der Waals surface area contributed by atoms with E-state index in [-0.39, 0.29) is 23.4 Å². The van der Waals surface area contributed by atoms with Gasteiger partial charge in [-0.05, 0) is 12.8 Å². The maximum absolute atomic E-state index is 11.7. The summed E-state index contributed by atoms with van der Waals surface area (Å²) in [6, 6.07) is 0.330. The number of methoxy groups -OCH3 is 1. The van der Waals surface area contributed by atoms with Crippen LogP contribution in [0.3, 0.4) is 0 Å². The third-order valence-corrected chi connectivity index (χ3v) is 3.61. The quantitative estimate of drug-likeness (QED) is 0.817. The largest absolute Gasteiger partial charge is 0.489 e. The van der Waals surface area contributed by atoms with Crippen LogP contribution in [0.1, 0.15) is 25.7 Å². The van der Waals surface area contributed by atoms with Crippen molar-refractivity contribution in [3.8, 4) is 5.75 Å². The van der Waals surface area contributed by atoms with E-state index < -0.39 is 0 Å². The number of ether oxygens (including phenoxy) is 1. The number of rotatable bonds is 3. The summed E-state index contributed by atoms with van der Waals surface area (Å²) in [5.41, 5.74) is 5.89. The van der Waals surface area contributed by atoms with Gasteiger partial charge in [-0.1, -0.05) is 12.8 Å². The summed E-state index contributed by atoms with van der Waals surface area (Å²) in [6.07, 6.45) is 5.76. The molecule has 18 heavy (non-hydrogen) atoms. The summed E-state index contributed by atoms with van der Waals surface area (Å²) >= 11 is 0. The molecule has 0 bridgehead atoms. The minimum Gasteiger partial charge on any atom is -0.489 e. The highest BCUT2D eigenvalue weighted by molar-refractivity contribution is 5.51. The number of nitrogens with one attached hydrogen (secondary N) is 1. The molecule has 0 spiro atoms. The zero-order chi connectivity index (χ0) is 13.1. The van der Waals surface area contributed by atoms with Crippen LogP contribution >= 0.6 is 0 Å². The Bertz CT molecular complexity index is 460. The molecule has 0 aliphatic heterocycles. The molecule has 1 aliphatic rings. The number of nitrogens with two attached hydrogens (primary N) is 1. The molecular weight excluding hydrogens is 232 g/mol. The lowest BCUT2D eigenvalue weighted by molar-refractivity contribution is 0.364. The van der Waals surface area contributed by atoms with Gasteiger partial charge in [0.1, 0.15) is 0 Å². The van der Waals surface area contributed by atoms with Gasteiger partial charge in [-0.3, -0.25) is 4.79 Å². The molecule has 0 radical (unpaired) electrons. The Labute approximate surface area is 106 Å². The van der Waals surface area contributed by atoms with Crippen molar-refractivity contribution in [2.75, 3.05) is 19.1 Å². The molecule has 1 saturated carbocycles. The molecule has 6 nitrogen and oxygen atoms in total. The first-order chi connectivity index (χ1) is 8.65. The van der Waals surface area contributed by atoms with E-state index in [0.29, 0.717) is 5.82 Å². The average Bonchev–Trinajstić information content (AvgIpc) is 2.38. The maximum Gasteiger partial charge on any atom is 0.295 e. The second kappa shape index (κ2) is 5.39. The zero-order valence-electron chi connectivity index (χ0n) is 10.8. The van der Waals surface area contributed by atoms with Crippen LogP contribution in [0.15, 0.2) is 11.1 Å². The highest BCUT2D eigenvalue weighted by atomic mass is 16.5. The third kappa shape index (κ3) is 2.33. The van der Waals surface area contributed by atoms with E-state index in [1.165, 1.54) is 19.9 Å². The lowest BCUT2D eigenvalue weighted by Gasteiger charge is -2.36. The van der Waals surface area contributed by atoms with Crippen molar-refractivity contribution in [1.29, 1.82) is 0 Å². The fourth-order valence-corrected chi connectivity index (χ4v) is 2.59. The summed E-state index contributed by atoms with van der Waals surface area (Å²) in [5, 5.41) is 0. The minimum absolute atomic E-state index is 0.120. The molecule has 0 saturated heterocycles. The van der Waals surface area contributed by atoms with Gasteiger partial charge in [-0.25, -0.2) is 4.98 Å². The summed E-state index contributed by atoms with van der Waals surface area (Å²) < 4.78 is 5.13. The van der Waals surface area contributed by atoms with Crippen molar-refractivity contribution >= 4 is 5.82 Å². The lowest BCUT2D eigenvalue weighted by atomic mass is 9.90. The van der Waals surface area contributed by atoms with Crippen LogP contribution in [0.5, 0.6) is 5.75 Å². The summed E-state index contributed by atoms with van der Waals surface area (Å²) in [5.74, 6) is 0.807. The Kier molecular flexibility index (Phi) is 3.86. The van der Waals surface area contributed by atoms with Crippen molar-refractivity contribution in [2.45, 2.75) is 37.8 Å². The van der Waals surface area contributed by atoms with Crippen LogP contribution in [0.4, 0.5) is 5.82 Å². The first-order valence-corrected chi connectivity index (χ1v) is 6.25. The number of H-pyrrole nitrogens is 1. The first kappa shape index (κ1) is 12.9. The third-order valence-electron chi connectivity index (χ3n) is 3.61. The van der Waals surface area contributed by atoms with Crippen molar-refractivity contribution in [2.24, 2.45) is 5.73 Å². The molecule has 3 N–H and O–H groups in total.